The molecule has 0 aliphatic carbocycles. The van der Waals surface area contributed by atoms with Gasteiger partial charge in [0.25, 0.3) is 11.4 Å². The fourth-order valence-corrected chi connectivity index (χ4v) is 4.87. The molecule has 2 aromatic carbocycles. The van der Waals surface area contributed by atoms with Gasteiger partial charge in [-0.2, -0.15) is 0 Å². The summed E-state index contributed by atoms with van der Waals surface area (Å²) in [4.78, 5) is 20.6. The molecule has 0 aliphatic rings. The van der Waals surface area contributed by atoms with E-state index in [1.54, 1.807) is 0 Å². The third-order valence-electron chi connectivity index (χ3n) is 7.67. The minimum absolute atomic E-state index is 0.190. The zero-order valence-electron chi connectivity index (χ0n) is 30.8. The molecule has 0 fully saturated rings. The Bertz CT molecular complexity index is 1190. The molecule has 2 aromatic rings. The second-order valence-corrected chi connectivity index (χ2v) is 11.8. The summed E-state index contributed by atoms with van der Waals surface area (Å²) in [5.74, 6) is 0.869. The zero-order chi connectivity index (χ0) is 37.3. The van der Waals surface area contributed by atoms with Crippen LogP contribution < -0.4 is 10.1 Å². The van der Waals surface area contributed by atoms with Gasteiger partial charge in [0.2, 0.25) is 0 Å². The molecular weight excluding hydrogens is 678 g/mol. The van der Waals surface area contributed by atoms with Gasteiger partial charge in [-0.15, -0.1) is 0 Å². The Morgan fingerprint density at radius 1 is 0.538 bits per heavy atom. The molecule has 0 aromatic heterocycles. The van der Waals surface area contributed by atoms with E-state index >= 15 is 0 Å². The number of nitro groups is 2. The second-order valence-electron chi connectivity index (χ2n) is 11.8. The molecule has 0 aliphatic heterocycles. The Morgan fingerprint density at radius 2 is 1.00 bits per heavy atom. The maximum Gasteiger partial charge on any atom is 0.299 e. The third-order valence-corrected chi connectivity index (χ3v) is 7.67. The van der Waals surface area contributed by atoms with Gasteiger partial charge >= 0.3 is 0 Å². The van der Waals surface area contributed by atoms with Crippen LogP contribution in [0.3, 0.4) is 0 Å². The standard InChI is InChI=1S/C37H59N3O12/c1-2-3-4-5-6-7-8-9-33-10-13-35(14-11-33)52-31-30-51-29-28-50-27-26-49-25-24-48-23-22-47-21-20-46-19-18-45-17-16-38-36-15-12-34(39(41)42)32-37(36)40(43)44/h10-15,32,38H,2-9,16-31H2,1H3. The van der Waals surface area contributed by atoms with Gasteiger partial charge in [0.05, 0.1) is 108 Å². The van der Waals surface area contributed by atoms with Crippen molar-refractivity contribution >= 4 is 17.1 Å². The van der Waals surface area contributed by atoms with Crippen LogP contribution in [0.2, 0.25) is 0 Å². The van der Waals surface area contributed by atoms with Crippen LogP contribution in [0.25, 0.3) is 0 Å². The molecule has 0 bridgehead atoms. The number of non-ortho nitro benzene ring substituents is 1. The first-order chi connectivity index (χ1) is 25.5. The van der Waals surface area contributed by atoms with E-state index in [-0.39, 0.29) is 23.7 Å². The van der Waals surface area contributed by atoms with Gasteiger partial charge in [-0.05, 0) is 36.6 Å². The van der Waals surface area contributed by atoms with Crippen LogP contribution in [-0.2, 0) is 39.6 Å². The predicted octanol–water partition coefficient (Wildman–Crippen LogP) is 6.40. The van der Waals surface area contributed by atoms with E-state index < -0.39 is 9.85 Å². The van der Waals surface area contributed by atoms with Crippen LogP contribution in [-0.4, -0.2) is 115 Å². The van der Waals surface area contributed by atoms with E-state index in [9.17, 15) is 20.2 Å². The van der Waals surface area contributed by atoms with Crippen LogP contribution >= 0.6 is 0 Å². The van der Waals surface area contributed by atoms with Gasteiger partial charge in [-0.25, -0.2) is 0 Å². The van der Waals surface area contributed by atoms with Gasteiger partial charge in [-0.1, -0.05) is 57.6 Å². The van der Waals surface area contributed by atoms with Crippen molar-refractivity contribution in [3.8, 4) is 5.75 Å². The van der Waals surface area contributed by atoms with Gasteiger partial charge in [0.15, 0.2) is 0 Å². The molecule has 0 unspecified atom stereocenters. The molecular formula is C37H59N3O12. The number of anilines is 1. The third kappa shape index (κ3) is 23.2. The summed E-state index contributed by atoms with van der Waals surface area (Å²) in [5, 5.41) is 24.8. The number of nitrogens with zero attached hydrogens (tertiary/aromatic N) is 2. The summed E-state index contributed by atoms with van der Waals surface area (Å²) in [5.41, 5.74) is 0.852. The zero-order valence-corrected chi connectivity index (χ0v) is 30.8. The minimum atomic E-state index is -0.677. The maximum absolute atomic E-state index is 11.2. The summed E-state index contributed by atoms with van der Waals surface area (Å²) >= 11 is 0. The molecule has 0 radical (unpaired) electrons. The normalized spacial score (nSPS) is 11.2. The number of nitrogens with one attached hydrogen (secondary N) is 1. The van der Waals surface area contributed by atoms with Crippen molar-refractivity contribution in [1.29, 1.82) is 0 Å². The lowest BCUT2D eigenvalue weighted by atomic mass is 10.0. The molecule has 2 rings (SSSR count). The smallest absolute Gasteiger partial charge is 0.299 e. The van der Waals surface area contributed by atoms with Gasteiger partial charge in [-0.3, -0.25) is 20.2 Å². The van der Waals surface area contributed by atoms with Crippen molar-refractivity contribution in [1.82, 2.24) is 0 Å². The number of rotatable bonds is 36. The SMILES string of the molecule is CCCCCCCCCc1ccc(OCCOCCOCCOCCOCCOCCOCCOCCNc2ccc([N+](=O)[O-])cc2[N+](=O)[O-])cc1. The highest BCUT2D eigenvalue weighted by Crippen LogP contribution is 2.28. The topological polar surface area (TPSA) is 172 Å². The number of nitro benzene ring substituents is 2. The second kappa shape index (κ2) is 31.1. The molecule has 1 N–H and O–H groups in total. The highest BCUT2D eigenvalue weighted by molar-refractivity contribution is 5.65. The number of ether oxygens (including phenoxy) is 8. The number of benzene rings is 2. The van der Waals surface area contributed by atoms with Crippen molar-refractivity contribution in [3.05, 3.63) is 68.3 Å². The molecule has 0 saturated heterocycles. The number of aryl methyl sites for hydroxylation is 1. The summed E-state index contributed by atoms with van der Waals surface area (Å²) in [6.45, 7) is 9.20. The van der Waals surface area contributed by atoms with Gasteiger partial charge < -0.3 is 43.2 Å². The number of unbranched alkanes of at least 4 members (excludes halogenated alkanes) is 6. The predicted molar refractivity (Wildman–Crippen MR) is 198 cm³/mol. The van der Waals surface area contributed by atoms with Crippen LogP contribution in [0.5, 0.6) is 5.75 Å². The highest BCUT2D eigenvalue weighted by Gasteiger charge is 2.19. The van der Waals surface area contributed by atoms with Crippen molar-refractivity contribution in [2.45, 2.75) is 58.3 Å². The largest absolute Gasteiger partial charge is 0.491 e. The Labute approximate surface area is 307 Å². The summed E-state index contributed by atoms with van der Waals surface area (Å²) in [6.07, 6.45) is 10.4. The molecule has 294 valence electrons. The van der Waals surface area contributed by atoms with Gasteiger partial charge in [0.1, 0.15) is 18.0 Å². The lowest BCUT2D eigenvalue weighted by Gasteiger charge is -2.09. The summed E-state index contributed by atoms with van der Waals surface area (Å²) in [7, 11) is 0. The number of hydrogen-bond donors (Lipinski definition) is 1. The van der Waals surface area contributed by atoms with Gasteiger partial charge in [0, 0.05) is 12.6 Å². The Kier molecular flexibility index (Phi) is 26.8. The lowest BCUT2D eigenvalue weighted by molar-refractivity contribution is -0.393. The van der Waals surface area contributed by atoms with E-state index in [2.05, 4.69) is 24.4 Å². The molecule has 0 saturated carbocycles. The van der Waals surface area contributed by atoms with Crippen LogP contribution in [0, 0.1) is 20.2 Å². The van der Waals surface area contributed by atoms with E-state index in [0.717, 1.165) is 18.2 Å². The van der Waals surface area contributed by atoms with Crippen LogP contribution in [0.15, 0.2) is 42.5 Å². The Morgan fingerprint density at radius 3 is 1.48 bits per heavy atom. The molecule has 0 heterocycles. The van der Waals surface area contributed by atoms with E-state index in [4.69, 9.17) is 37.9 Å². The summed E-state index contributed by atoms with van der Waals surface area (Å²) in [6, 6.07) is 11.8. The average molecular weight is 738 g/mol. The van der Waals surface area contributed by atoms with Crippen LogP contribution in [0.1, 0.15) is 57.4 Å². The monoisotopic (exact) mass is 737 g/mol. The van der Waals surface area contributed by atoms with E-state index in [1.165, 1.54) is 62.6 Å². The number of hydrogen-bond acceptors (Lipinski definition) is 13. The lowest BCUT2D eigenvalue weighted by Crippen LogP contribution is -2.15. The molecule has 52 heavy (non-hydrogen) atoms. The van der Waals surface area contributed by atoms with E-state index in [0.29, 0.717) is 99.0 Å². The molecule has 0 spiro atoms. The fraction of sp³-hybridized carbons (Fsp3) is 0.676. The Balaban J connectivity index is 1.26. The maximum atomic E-state index is 11.2. The summed E-state index contributed by atoms with van der Waals surface area (Å²) < 4.78 is 44.2. The van der Waals surface area contributed by atoms with Crippen molar-refractivity contribution in [3.63, 3.8) is 0 Å². The van der Waals surface area contributed by atoms with Crippen LogP contribution in [0.4, 0.5) is 17.1 Å². The molecule has 15 heteroatoms. The minimum Gasteiger partial charge on any atom is -0.491 e. The molecule has 15 nitrogen and oxygen atoms in total. The molecule has 0 amide bonds. The van der Waals surface area contributed by atoms with Crippen molar-refractivity contribution in [2.75, 3.05) is 111 Å². The van der Waals surface area contributed by atoms with Crippen molar-refractivity contribution < 1.29 is 47.7 Å². The average Bonchev–Trinajstić information content (AvgIpc) is 3.14. The first-order valence-corrected chi connectivity index (χ1v) is 18.4. The molecule has 0 atom stereocenters. The first-order valence-electron chi connectivity index (χ1n) is 18.4. The Hall–Kier alpha value is -3.44. The fourth-order valence-electron chi connectivity index (χ4n) is 4.87. The first kappa shape index (κ1) is 44.7. The quantitative estimate of drug-likeness (QED) is 0.0463. The highest BCUT2D eigenvalue weighted by atomic mass is 16.6. The van der Waals surface area contributed by atoms with Crippen molar-refractivity contribution in [2.24, 2.45) is 0 Å². The van der Waals surface area contributed by atoms with E-state index in [1.807, 2.05) is 12.1 Å².